The first-order chi connectivity index (χ1) is 12.0. The molecule has 142 valence electrons. The molecule has 0 bridgehead atoms. The summed E-state index contributed by atoms with van der Waals surface area (Å²) in [5, 5.41) is 0. The quantitative estimate of drug-likeness (QED) is 0.344. The van der Waals surface area contributed by atoms with Gasteiger partial charge in [-0.1, -0.05) is 82.0 Å². The summed E-state index contributed by atoms with van der Waals surface area (Å²) in [5.41, 5.74) is 5.72. The van der Waals surface area contributed by atoms with Gasteiger partial charge in [0.15, 0.2) is 0 Å². The van der Waals surface area contributed by atoms with E-state index in [1.54, 1.807) is 0 Å². The van der Waals surface area contributed by atoms with Gasteiger partial charge in [-0.25, -0.2) is 0 Å². The molecule has 1 aliphatic rings. The molecule has 25 heavy (non-hydrogen) atoms. The van der Waals surface area contributed by atoms with E-state index in [1.165, 1.54) is 80.1 Å². The fraction of sp³-hybridized carbons (Fsp3) is 0.600. The van der Waals surface area contributed by atoms with E-state index in [-0.39, 0.29) is 0 Å². The SMILES string of the molecule is C=C(C)CC1CCCC1=C.CC.CCCCCCc1ccccc1C. The topological polar surface area (TPSA) is 0 Å². The monoisotopic (exact) mass is 342 g/mol. The number of benzene rings is 1. The Labute approximate surface area is 158 Å². The van der Waals surface area contributed by atoms with Crippen molar-refractivity contribution >= 4 is 0 Å². The van der Waals surface area contributed by atoms with E-state index < -0.39 is 0 Å². The van der Waals surface area contributed by atoms with Gasteiger partial charge in [0.2, 0.25) is 0 Å². The Morgan fingerprint density at radius 1 is 1.12 bits per heavy atom. The summed E-state index contributed by atoms with van der Waals surface area (Å²) in [6, 6.07) is 8.71. The van der Waals surface area contributed by atoms with Gasteiger partial charge in [-0.3, -0.25) is 0 Å². The number of hydrogen-bond acceptors (Lipinski definition) is 0. The van der Waals surface area contributed by atoms with E-state index >= 15 is 0 Å². The number of hydrogen-bond donors (Lipinski definition) is 0. The first-order valence-corrected chi connectivity index (χ1v) is 10.4. The molecule has 1 aromatic rings. The van der Waals surface area contributed by atoms with Gasteiger partial charge < -0.3 is 0 Å². The van der Waals surface area contributed by atoms with Gasteiger partial charge in [-0.05, 0) is 69.4 Å². The van der Waals surface area contributed by atoms with Gasteiger partial charge in [-0.15, -0.1) is 6.58 Å². The molecule has 1 saturated carbocycles. The molecule has 0 nitrogen and oxygen atoms in total. The van der Waals surface area contributed by atoms with Crippen LogP contribution < -0.4 is 0 Å². The summed E-state index contributed by atoms with van der Waals surface area (Å²) < 4.78 is 0. The summed E-state index contributed by atoms with van der Waals surface area (Å²) in [7, 11) is 0. The third kappa shape index (κ3) is 11.0. The summed E-state index contributed by atoms with van der Waals surface area (Å²) in [6.45, 7) is 18.5. The molecule has 1 fully saturated rings. The van der Waals surface area contributed by atoms with Crippen LogP contribution in [-0.2, 0) is 6.42 Å². The van der Waals surface area contributed by atoms with E-state index in [9.17, 15) is 0 Å². The van der Waals surface area contributed by atoms with Crippen molar-refractivity contribution in [1.29, 1.82) is 0 Å². The van der Waals surface area contributed by atoms with Crippen molar-refractivity contribution in [3.63, 3.8) is 0 Å². The van der Waals surface area contributed by atoms with E-state index in [0.29, 0.717) is 0 Å². The second kappa shape index (κ2) is 15.0. The van der Waals surface area contributed by atoms with Crippen LogP contribution in [0, 0.1) is 12.8 Å². The van der Waals surface area contributed by atoms with Gasteiger partial charge in [0.05, 0.1) is 0 Å². The molecule has 0 amide bonds. The van der Waals surface area contributed by atoms with Crippen molar-refractivity contribution in [2.45, 2.75) is 92.4 Å². The van der Waals surface area contributed by atoms with Gasteiger partial charge >= 0.3 is 0 Å². The number of unbranched alkanes of at least 4 members (excludes halogenated alkanes) is 3. The molecule has 0 aliphatic heterocycles. The second-order valence-corrected chi connectivity index (χ2v) is 7.15. The minimum absolute atomic E-state index is 0.762. The van der Waals surface area contributed by atoms with Crippen LogP contribution in [-0.4, -0.2) is 0 Å². The maximum atomic E-state index is 4.05. The molecule has 0 heteroatoms. The highest BCUT2D eigenvalue weighted by Crippen LogP contribution is 2.33. The highest BCUT2D eigenvalue weighted by Gasteiger charge is 2.18. The first kappa shape index (κ1) is 23.7. The molecule has 1 aliphatic carbocycles. The molecule has 0 radical (unpaired) electrons. The molecule has 0 aromatic heterocycles. The molecule has 0 heterocycles. The summed E-state index contributed by atoms with van der Waals surface area (Å²) in [5.74, 6) is 0.762. The molecular formula is C25H42. The molecule has 2 rings (SSSR count). The molecule has 0 spiro atoms. The lowest BCUT2D eigenvalue weighted by atomic mass is 9.97. The van der Waals surface area contributed by atoms with Gasteiger partial charge in [-0.2, -0.15) is 0 Å². The summed E-state index contributed by atoms with van der Waals surface area (Å²) >= 11 is 0. The summed E-state index contributed by atoms with van der Waals surface area (Å²) in [6.07, 6.45) is 11.8. The van der Waals surface area contributed by atoms with Gasteiger partial charge in [0, 0.05) is 0 Å². The highest BCUT2D eigenvalue weighted by atomic mass is 14.2. The Morgan fingerprint density at radius 2 is 1.80 bits per heavy atom. The highest BCUT2D eigenvalue weighted by molar-refractivity contribution is 5.25. The van der Waals surface area contributed by atoms with Gasteiger partial charge in [0.25, 0.3) is 0 Å². The maximum Gasteiger partial charge on any atom is -0.0169 e. The predicted octanol–water partition coefficient (Wildman–Crippen LogP) is 8.45. The molecular weight excluding hydrogens is 300 g/mol. The van der Waals surface area contributed by atoms with Crippen LogP contribution in [0.3, 0.4) is 0 Å². The van der Waals surface area contributed by atoms with Crippen LogP contribution in [0.5, 0.6) is 0 Å². The molecule has 1 atom stereocenters. The lowest BCUT2D eigenvalue weighted by Gasteiger charge is -2.09. The number of allylic oxidation sites excluding steroid dienone is 2. The fourth-order valence-electron chi connectivity index (χ4n) is 3.28. The molecule has 0 saturated heterocycles. The largest absolute Gasteiger partial charge is 0.100 e. The van der Waals surface area contributed by atoms with E-state index in [2.05, 4.69) is 58.2 Å². The lowest BCUT2D eigenvalue weighted by molar-refractivity contribution is 0.622. The van der Waals surface area contributed by atoms with Crippen molar-refractivity contribution < 1.29 is 0 Å². The Hall–Kier alpha value is -1.30. The number of rotatable bonds is 7. The average molecular weight is 343 g/mol. The smallest absolute Gasteiger partial charge is 0.0169 e. The Morgan fingerprint density at radius 3 is 2.32 bits per heavy atom. The van der Waals surface area contributed by atoms with Crippen molar-refractivity contribution in [1.82, 2.24) is 0 Å². The zero-order valence-electron chi connectivity index (χ0n) is 17.7. The Kier molecular flexibility index (Phi) is 14.2. The van der Waals surface area contributed by atoms with Crippen LogP contribution in [0.15, 0.2) is 48.6 Å². The van der Waals surface area contributed by atoms with Crippen LogP contribution in [0.4, 0.5) is 0 Å². The third-order valence-corrected chi connectivity index (χ3v) is 4.78. The zero-order valence-corrected chi connectivity index (χ0v) is 17.7. The average Bonchev–Trinajstić information content (AvgIpc) is 3.00. The normalized spacial score (nSPS) is 15.7. The Bertz CT molecular complexity index is 481. The van der Waals surface area contributed by atoms with E-state index in [0.717, 1.165) is 5.92 Å². The molecule has 1 unspecified atom stereocenters. The second-order valence-electron chi connectivity index (χ2n) is 7.15. The number of aryl methyl sites for hydroxylation is 2. The van der Waals surface area contributed by atoms with Crippen molar-refractivity contribution in [2.75, 3.05) is 0 Å². The zero-order chi connectivity index (χ0) is 19.1. The van der Waals surface area contributed by atoms with Gasteiger partial charge in [0.1, 0.15) is 0 Å². The van der Waals surface area contributed by atoms with Crippen molar-refractivity contribution in [3.05, 3.63) is 59.7 Å². The van der Waals surface area contributed by atoms with E-state index in [4.69, 9.17) is 0 Å². The molecule has 1 aromatic carbocycles. The minimum Gasteiger partial charge on any atom is -0.100 e. The minimum atomic E-state index is 0.762. The standard InChI is InChI=1S/C13H20.C10H16.C2H6/c1-3-4-5-6-10-13-11-8-7-9-12(13)2;1-8(2)7-10-6-4-5-9(10)3;1-2/h7-9,11H,3-6,10H2,1-2H3;10H,1,3-7H2,2H3;1-2H3. The van der Waals surface area contributed by atoms with Crippen molar-refractivity contribution in [2.24, 2.45) is 5.92 Å². The van der Waals surface area contributed by atoms with E-state index in [1.807, 2.05) is 13.8 Å². The summed E-state index contributed by atoms with van der Waals surface area (Å²) in [4.78, 5) is 0. The van der Waals surface area contributed by atoms with Crippen LogP contribution in [0.2, 0.25) is 0 Å². The fourth-order valence-corrected chi connectivity index (χ4v) is 3.28. The first-order valence-electron chi connectivity index (χ1n) is 10.4. The van der Waals surface area contributed by atoms with Crippen LogP contribution >= 0.6 is 0 Å². The predicted molar refractivity (Wildman–Crippen MR) is 116 cm³/mol. The van der Waals surface area contributed by atoms with Crippen LogP contribution in [0.1, 0.15) is 90.2 Å². The molecule has 0 N–H and O–H groups in total. The van der Waals surface area contributed by atoms with Crippen molar-refractivity contribution in [3.8, 4) is 0 Å². The lowest BCUT2D eigenvalue weighted by Crippen LogP contribution is -1.95. The third-order valence-electron chi connectivity index (χ3n) is 4.78. The maximum absolute atomic E-state index is 4.05. The Balaban J connectivity index is 0.000000430. The van der Waals surface area contributed by atoms with Crippen LogP contribution in [0.25, 0.3) is 0 Å².